The highest BCUT2D eigenvalue weighted by Crippen LogP contribution is 2.36. The van der Waals surface area contributed by atoms with Crippen LogP contribution >= 0.6 is 11.6 Å². The van der Waals surface area contributed by atoms with E-state index >= 15 is 0 Å². The second-order valence-corrected chi connectivity index (χ2v) is 9.15. The summed E-state index contributed by atoms with van der Waals surface area (Å²) in [6.45, 7) is 9.08. The number of ether oxygens (including phenoxy) is 2. The standard InChI is InChI=1S/C20H26ClN7O5/c1-5-27-14-10(8-23-16(21)12(14)24-18(27)13-17(22)26-33-25-13)32-9-11-15(20(2,3)4)28(19(29)30)6-7-31-11/h8,11,15H,5-7,9H2,1-4H3,(H2,22,26)(H,29,30). The topological polar surface area (TPSA) is 155 Å². The third kappa shape index (κ3) is 4.15. The second kappa shape index (κ2) is 8.67. The van der Waals surface area contributed by atoms with Gasteiger partial charge in [-0.05, 0) is 22.7 Å². The van der Waals surface area contributed by atoms with Crippen LogP contribution in [0.25, 0.3) is 22.6 Å². The van der Waals surface area contributed by atoms with E-state index in [2.05, 4.69) is 20.3 Å². The Labute approximate surface area is 194 Å². The summed E-state index contributed by atoms with van der Waals surface area (Å²) in [4.78, 5) is 22.0. The number of imidazole rings is 1. The Balaban J connectivity index is 1.71. The number of aryl methyl sites for hydroxylation is 1. The molecule has 0 spiro atoms. The first kappa shape index (κ1) is 23.1. The van der Waals surface area contributed by atoms with Crippen molar-refractivity contribution in [2.24, 2.45) is 5.41 Å². The highest BCUT2D eigenvalue weighted by atomic mass is 35.5. The molecule has 1 amide bonds. The Kier molecular flexibility index (Phi) is 6.06. The summed E-state index contributed by atoms with van der Waals surface area (Å²) in [7, 11) is 0. The zero-order chi connectivity index (χ0) is 23.9. The lowest BCUT2D eigenvalue weighted by molar-refractivity contribution is -0.107. The van der Waals surface area contributed by atoms with Crippen molar-refractivity contribution in [1.29, 1.82) is 0 Å². The lowest BCUT2D eigenvalue weighted by Crippen LogP contribution is -2.60. The number of fused-ring (bicyclic) bond motifs is 1. The smallest absolute Gasteiger partial charge is 0.407 e. The molecular weight excluding hydrogens is 454 g/mol. The normalized spacial score (nSPS) is 19.2. The van der Waals surface area contributed by atoms with Gasteiger partial charge < -0.3 is 24.9 Å². The zero-order valence-corrected chi connectivity index (χ0v) is 19.5. The SMILES string of the molecule is CCn1c(-c2nonc2N)nc2c(Cl)ncc(OCC3OCCN(C(=O)O)C3C(C)(C)C)c21. The highest BCUT2D eigenvalue weighted by molar-refractivity contribution is 6.34. The van der Waals surface area contributed by atoms with Gasteiger partial charge in [0.25, 0.3) is 0 Å². The van der Waals surface area contributed by atoms with Crippen molar-refractivity contribution in [1.82, 2.24) is 29.7 Å². The molecule has 4 rings (SSSR count). The van der Waals surface area contributed by atoms with Gasteiger partial charge in [-0.15, -0.1) is 0 Å². The van der Waals surface area contributed by atoms with Crippen molar-refractivity contribution in [3.63, 3.8) is 0 Å². The minimum atomic E-state index is -0.980. The van der Waals surface area contributed by atoms with Gasteiger partial charge in [-0.25, -0.2) is 19.4 Å². The number of aromatic nitrogens is 5. The summed E-state index contributed by atoms with van der Waals surface area (Å²) in [5.74, 6) is 0.946. The molecule has 0 radical (unpaired) electrons. The van der Waals surface area contributed by atoms with Gasteiger partial charge in [-0.2, -0.15) is 0 Å². The fraction of sp³-hybridized carbons (Fsp3) is 0.550. The molecular formula is C20H26ClN7O5. The van der Waals surface area contributed by atoms with E-state index in [1.807, 2.05) is 32.3 Å². The number of halogens is 1. The minimum absolute atomic E-state index is 0.101. The van der Waals surface area contributed by atoms with Gasteiger partial charge in [0.1, 0.15) is 23.7 Å². The molecule has 3 aromatic heterocycles. The molecule has 1 fully saturated rings. The van der Waals surface area contributed by atoms with Crippen LogP contribution in [0.5, 0.6) is 5.75 Å². The van der Waals surface area contributed by atoms with Crippen molar-refractivity contribution in [3.05, 3.63) is 11.3 Å². The van der Waals surface area contributed by atoms with Gasteiger partial charge in [0.15, 0.2) is 28.2 Å². The van der Waals surface area contributed by atoms with Gasteiger partial charge in [-0.1, -0.05) is 32.4 Å². The predicted molar refractivity (Wildman–Crippen MR) is 119 cm³/mol. The van der Waals surface area contributed by atoms with Crippen LogP contribution in [0.1, 0.15) is 27.7 Å². The summed E-state index contributed by atoms with van der Waals surface area (Å²) in [5, 5.41) is 17.4. The lowest BCUT2D eigenvalue weighted by Gasteiger charge is -2.46. The molecule has 2 atom stereocenters. The molecule has 13 heteroatoms. The Bertz CT molecular complexity index is 1170. The van der Waals surface area contributed by atoms with Gasteiger partial charge in [0, 0.05) is 13.1 Å². The molecule has 178 valence electrons. The van der Waals surface area contributed by atoms with E-state index < -0.39 is 18.2 Å². The van der Waals surface area contributed by atoms with Crippen LogP contribution < -0.4 is 10.5 Å². The summed E-state index contributed by atoms with van der Waals surface area (Å²) in [5.41, 5.74) is 6.82. The first-order chi connectivity index (χ1) is 15.6. The number of hydrogen-bond acceptors (Lipinski definition) is 9. The van der Waals surface area contributed by atoms with Crippen molar-refractivity contribution in [3.8, 4) is 17.3 Å². The maximum atomic E-state index is 11.8. The second-order valence-electron chi connectivity index (χ2n) is 8.80. The molecule has 2 unspecified atom stereocenters. The molecule has 12 nitrogen and oxygen atoms in total. The van der Waals surface area contributed by atoms with Crippen LogP contribution in [-0.4, -0.2) is 72.9 Å². The Morgan fingerprint density at radius 2 is 2.15 bits per heavy atom. The van der Waals surface area contributed by atoms with E-state index in [0.717, 1.165) is 0 Å². The number of nitrogen functional groups attached to an aromatic ring is 1. The molecule has 0 aliphatic carbocycles. The lowest BCUT2D eigenvalue weighted by atomic mass is 9.81. The maximum Gasteiger partial charge on any atom is 0.407 e. The average Bonchev–Trinajstić information content (AvgIpc) is 3.35. The number of nitrogens with zero attached hydrogens (tertiary/aromatic N) is 6. The van der Waals surface area contributed by atoms with Crippen LogP contribution in [0.15, 0.2) is 10.8 Å². The first-order valence-electron chi connectivity index (χ1n) is 10.5. The summed E-state index contributed by atoms with van der Waals surface area (Å²) >= 11 is 6.33. The fourth-order valence-corrected chi connectivity index (χ4v) is 4.49. The summed E-state index contributed by atoms with van der Waals surface area (Å²) in [6, 6.07) is -0.396. The van der Waals surface area contributed by atoms with Crippen molar-refractivity contribution in [2.45, 2.75) is 46.4 Å². The van der Waals surface area contributed by atoms with Crippen LogP contribution in [0.2, 0.25) is 5.15 Å². The third-order valence-electron chi connectivity index (χ3n) is 5.62. The quantitative estimate of drug-likeness (QED) is 0.521. The minimum Gasteiger partial charge on any atom is -0.487 e. The van der Waals surface area contributed by atoms with Crippen molar-refractivity contribution < 1.29 is 24.0 Å². The van der Waals surface area contributed by atoms with Gasteiger partial charge in [0.2, 0.25) is 0 Å². The molecule has 4 heterocycles. The van der Waals surface area contributed by atoms with Gasteiger partial charge in [0.05, 0.1) is 18.8 Å². The van der Waals surface area contributed by atoms with Crippen LogP contribution in [0.3, 0.4) is 0 Å². The molecule has 0 aromatic carbocycles. The van der Waals surface area contributed by atoms with Crippen LogP contribution in [-0.2, 0) is 11.3 Å². The maximum absolute atomic E-state index is 11.8. The third-order valence-corrected chi connectivity index (χ3v) is 5.90. The van der Waals surface area contributed by atoms with E-state index in [0.29, 0.717) is 35.7 Å². The number of pyridine rings is 1. The predicted octanol–water partition coefficient (Wildman–Crippen LogP) is 2.91. The molecule has 0 saturated carbocycles. The number of carbonyl (C=O) groups is 1. The van der Waals surface area contributed by atoms with Crippen molar-refractivity contribution in [2.75, 3.05) is 25.5 Å². The number of nitrogens with two attached hydrogens (primary N) is 1. The number of amides is 1. The number of anilines is 1. The number of rotatable bonds is 5. The van der Waals surface area contributed by atoms with E-state index in [4.69, 9.17) is 31.4 Å². The fourth-order valence-electron chi connectivity index (χ4n) is 4.31. The molecule has 3 N–H and O–H groups in total. The van der Waals surface area contributed by atoms with Crippen LogP contribution in [0.4, 0.5) is 10.6 Å². The first-order valence-corrected chi connectivity index (χ1v) is 10.9. The van der Waals surface area contributed by atoms with E-state index in [1.54, 1.807) is 0 Å². The molecule has 0 bridgehead atoms. The Morgan fingerprint density at radius 1 is 1.39 bits per heavy atom. The average molecular weight is 480 g/mol. The van der Waals surface area contributed by atoms with E-state index in [9.17, 15) is 9.90 Å². The molecule has 1 saturated heterocycles. The number of morpholine rings is 1. The highest BCUT2D eigenvalue weighted by Gasteiger charge is 2.43. The van der Waals surface area contributed by atoms with Crippen molar-refractivity contribution >= 4 is 34.5 Å². The van der Waals surface area contributed by atoms with Crippen LogP contribution in [0, 0.1) is 5.41 Å². The summed E-state index contributed by atoms with van der Waals surface area (Å²) in [6.07, 6.45) is 0.0519. The van der Waals surface area contributed by atoms with Gasteiger partial charge >= 0.3 is 6.09 Å². The largest absolute Gasteiger partial charge is 0.487 e. The molecule has 3 aromatic rings. The molecule has 33 heavy (non-hydrogen) atoms. The summed E-state index contributed by atoms with van der Waals surface area (Å²) < 4.78 is 18.7. The number of carboxylic acid groups (broad SMARTS) is 1. The Hall–Kier alpha value is -3.12. The monoisotopic (exact) mass is 479 g/mol. The molecule has 1 aliphatic heterocycles. The zero-order valence-electron chi connectivity index (χ0n) is 18.8. The molecule has 1 aliphatic rings. The van der Waals surface area contributed by atoms with Gasteiger partial charge in [-0.3, -0.25) is 4.90 Å². The van der Waals surface area contributed by atoms with E-state index in [1.165, 1.54) is 11.1 Å². The van der Waals surface area contributed by atoms with E-state index in [-0.39, 0.29) is 35.3 Å². The number of hydrogen-bond donors (Lipinski definition) is 2. The Morgan fingerprint density at radius 3 is 2.76 bits per heavy atom.